The lowest BCUT2D eigenvalue weighted by molar-refractivity contribution is 0.0415. The molecule has 1 saturated heterocycles. The molecule has 2 rings (SSSR count). The second kappa shape index (κ2) is 6.61. The van der Waals surface area contributed by atoms with Crippen LogP contribution in [0.15, 0.2) is 29.4 Å². The Labute approximate surface area is 118 Å². The smallest absolute Gasteiger partial charge is 0.124 e. The van der Waals surface area contributed by atoms with Crippen molar-refractivity contribution in [2.24, 2.45) is 5.11 Å². The van der Waals surface area contributed by atoms with Crippen LogP contribution in [0.4, 0.5) is 0 Å². The SMILES string of the molecule is CC[C@@](O)(CN=[N+]=[N-])c1cccc(O[C@@H]2CCOC2)c1. The Morgan fingerprint density at radius 1 is 1.60 bits per heavy atom. The Bertz CT molecular complexity index is 496. The molecule has 1 aromatic rings. The molecule has 108 valence electrons. The van der Waals surface area contributed by atoms with E-state index in [1.165, 1.54) is 0 Å². The number of aliphatic hydroxyl groups is 1. The van der Waals surface area contributed by atoms with E-state index in [0.717, 1.165) is 13.0 Å². The highest BCUT2D eigenvalue weighted by Gasteiger charge is 2.27. The molecular formula is C14H19N3O3. The molecule has 1 aliphatic rings. The van der Waals surface area contributed by atoms with Crippen LogP contribution >= 0.6 is 0 Å². The van der Waals surface area contributed by atoms with Crippen LogP contribution in [0.2, 0.25) is 0 Å². The molecule has 0 aromatic heterocycles. The first kappa shape index (κ1) is 14.7. The first-order chi connectivity index (χ1) is 9.68. The van der Waals surface area contributed by atoms with Gasteiger partial charge in [0, 0.05) is 11.3 Å². The zero-order valence-corrected chi connectivity index (χ0v) is 11.5. The third-order valence-corrected chi connectivity index (χ3v) is 3.54. The van der Waals surface area contributed by atoms with E-state index in [2.05, 4.69) is 10.0 Å². The van der Waals surface area contributed by atoms with Gasteiger partial charge in [0.05, 0.1) is 25.4 Å². The number of benzene rings is 1. The third-order valence-electron chi connectivity index (χ3n) is 3.54. The second-order valence-corrected chi connectivity index (χ2v) is 4.91. The average molecular weight is 277 g/mol. The monoisotopic (exact) mass is 277 g/mol. The minimum Gasteiger partial charge on any atom is -0.488 e. The summed E-state index contributed by atoms with van der Waals surface area (Å²) >= 11 is 0. The molecule has 0 saturated carbocycles. The highest BCUT2D eigenvalue weighted by Crippen LogP contribution is 2.29. The second-order valence-electron chi connectivity index (χ2n) is 4.91. The number of rotatable bonds is 6. The lowest BCUT2D eigenvalue weighted by atomic mass is 9.91. The molecule has 1 heterocycles. The maximum absolute atomic E-state index is 10.6. The Morgan fingerprint density at radius 2 is 2.45 bits per heavy atom. The van der Waals surface area contributed by atoms with Crippen molar-refractivity contribution in [2.75, 3.05) is 19.8 Å². The van der Waals surface area contributed by atoms with Crippen LogP contribution in [0.5, 0.6) is 5.75 Å². The summed E-state index contributed by atoms with van der Waals surface area (Å²) in [6.07, 6.45) is 1.40. The van der Waals surface area contributed by atoms with Crippen molar-refractivity contribution in [1.82, 2.24) is 0 Å². The standard InChI is InChI=1S/C14H19N3O3/c1-2-14(18,10-16-17-15)11-4-3-5-12(8-11)20-13-6-7-19-9-13/h3-5,8,13,18H,2,6-7,9-10H2,1H3/t13-,14-/m1/s1. The average Bonchev–Trinajstić information content (AvgIpc) is 2.98. The van der Waals surface area contributed by atoms with Crippen molar-refractivity contribution in [2.45, 2.75) is 31.5 Å². The van der Waals surface area contributed by atoms with Gasteiger partial charge >= 0.3 is 0 Å². The predicted octanol–water partition coefficient (Wildman–Crippen LogP) is 2.76. The van der Waals surface area contributed by atoms with Crippen molar-refractivity contribution in [1.29, 1.82) is 0 Å². The van der Waals surface area contributed by atoms with E-state index in [1.807, 2.05) is 25.1 Å². The van der Waals surface area contributed by atoms with Gasteiger partial charge in [0.15, 0.2) is 0 Å². The molecule has 0 spiro atoms. The van der Waals surface area contributed by atoms with Gasteiger partial charge in [-0.15, -0.1) is 0 Å². The van der Waals surface area contributed by atoms with Gasteiger partial charge in [0.2, 0.25) is 0 Å². The van der Waals surface area contributed by atoms with E-state index in [0.29, 0.717) is 24.3 Å². The number of nitrogens with zero attached hydrogens (tertiary/aromatic N) is 3. The van der Waals surface area contributed by atoms with Gasteiger partial charge in [-0.25, -0.2) is 0 Å². The summed E-state index contributed by atoms with van der Waals surface area (Å²) in [4.78, 5) is 2.72. The van der Waals surface area contributed by atoms with Gasteiger partial charge in [0.25, 0.3) is 0 Å². The van der Waals surface area contributed by atoms with E-state index in [4.69, 9.17) is 15.0 Å². The predicted molar refractivity (Wildman–Crippen MR) is 74.5 cm³/mol. The van der Waals surface area contributed by atoms with Crippen molar-refractivity contribution in [3.63, 3.8) is 0 Å². The van der Waals surface area contributed by atoms with Gasteiger partial charge in [-0.1, -0.05) is 24.2 Å². The molecule has 0 bridgehead atoms. The van der Waals surface area contributed by atoms with Gasteiger partial charge in [0.1, 0.15) is 11.9 Å². The fraction of sp³-hybridized carbons (Fsp3) is 0.571. The fourth-order valence-electron chi connectivity index (χ4n) is 2.21. The van der Waals surface area contributed by atoms with Crippen LogP contribution in [0.25, 0.3) is 10.4 Å². The lowest BCUT2D eigenvalue weighted by Crippen LogP contribution is -2.28. The molecule has 0 amide bonds. The fourth-order valence-corrected chi connectivity index (χ4v) is 2.21. The van der Waals surface area contributed by atoms with E-state index in [1.54, 1.807) is 6.07 Å². The van der Waals surface area contributed by atoms with Crippen LogP contribution in [0.1, 0.15) is 25.3 Å². The Hall–Kier alpha value is -1.75. The quantitative estimate of drug-likeness (QED) is 0.492. The molecule has 20 heavy (non-hydrogen) atoms. The number of hydrogen-bond donors (Lipinski definition) is 1. The molecule has 1 fully saturated rings. The minimum absolute atomic E-state index is 0.00991. The molecule has 1 aliphatic heterocycles. The summed E-state index contributed by atoms with van der Waals surface area (Å²) in [6, 6.07) is 7.30. The lowest BCUT2D eigenvalue weighted by Gasteiger charge is -2.26. The van der Waals surface area contributed by atoms with Crippen molar-refractivity contribution in [3.8, 4) is 5.75 Å². The van der Waals surface area contributed by atoms with E-state index in [9.17, 15) is 5.11 Å². The molecule has 2 atom stereocenters. The first-order valence-electron chi connectivity index (χ1n) is 6.76. The maximum Gasteiger partial charge on any atom is 0.124 e. The normalized spacial score (nSPS) is 21.0. The Morgan fingerprint density at radius 3 is 3.10 bits per heavy atom. The van der Waals surface area contributed by atoms with E-state index >= 15 is 0 Å². The van der Waals surface area contributed by atoms with Crippen LogP contribution in [0.3, 0.4) is 0 Å². The molecule has 0 unspecified atom stereocenters. The van der Waals surface area contributed by atoms with Crippen LogP contribution in [-0.4, -0.2) is 31.0 Å². The Kier molecular flexibility index (Phi) is 4.84. The summed E-state index contributed by atoms with van der Waals surface area (Å²) in [5.74, 6) is 0.700. The van der Waals surface area contributed by atoms with Gasteiger partial charge in [-0.3, -0.25) is 0 Å². The molecule has 6 nitrogen and oxygen atoms in total. The third kappa shape index (κ3) is 3.42. The minimum atomic E-state index is -1.15. The molecule has 1 N–H and O–H groups in total. The van der Waals surface area contributed by atoms with Gasteiger partial charge < -0.3 is 14.6 Å². The highest BCUT2D eigenvalue weighted by molar-refractivity contribution is 5.33. The first-order valence-corrected chi connectivity index (χ1v) is 6.76. The number of azide groups is 1. The zero-order valence-electron chi connectivity index (χ0n) is 11.5. The van der Waals surface area contributed by atoms with Crippen molar-refractivity contribution >= 4 is 0 Å². The number of hydrogen-bond acceptors (Lipinski definition) is 4. The summed E-state index contributed by atoms with van der Waals surface area (Å²) in [5.41, 5.74) is 7.97. The van der Waals surface area contributed by atoms with Crippen LogP contribution < -0.4 is 4.74 Å². The van der Waals surface area contributed by atoms with Crippen molar-refractivity contribution in [3.05, 3.63) is 40.3 Å². The van der Waals surface area contributed by atoms with Gasteiger partial charge in [-0.2, -0.15) is 0 Å². The summed E-state index contributed by atoms with van der Waals surface area (Å²) in [6.45, 7) is 3.18. The van der Waals surface area contributed by atoms with Crippen LogP contribution in [0, 0.1) is 0 Å². The van der Waals surface area contributed by atoms with Crippen molar-refractivity contribution < 1.29 is 14.6 Å². The van der Waals surface area contributed by atoms with Crippen LogP contribution in [-0.2, 0) is 10.3 Å². The van der Waals surface area contributed by atoms with E-state index in [-0.39, 0.29) is 12.6 Å². The summed E-state index contributed by atoms with van der Waals surface area (Å²) < 4.78 is 11.1. The molecule has 0 radical (unpaired) electrons. The molecular weight excluding hydrogens is 258 g/mol. The van der Waals surface area contributed by atoms with E-state index < -0.39 is 5.60 Å². The largest absolute Gasteiger partial charge is 0.488 e. The molecule has 0 aliphatic carbocycles. The Balaban J connectivity index is 2.16. The zero-order chi connectivity index (χ0) is 14.4. The summed E-state index contributed by atoms with van der Waals surface area (Å²) in [7, 11) is 0. The molecule has 1 aromatic carbocycles. The highest BCUT2D eigenvalue weighted by atomic mass is 16.5. The maximum atomic E-state index is 10.6. The van der Waals surface area contributed by atoms with Gasteiger partial charge in [-0.05, 0) is 29.6 Å². The summed E-state index contributed by atoms with van der Waals surface area (Å²) in [5, 5.41) is 14.1. The molecule has 6 heteroatoms. The number of ether oxygens (including phenoxy) is 2. The topological polar surface area (TPSA) is 87.5 Å².